The van der Waals surface area contributed by atoms with Crippen molar-refractivity contribution in [3.05, 3.63) is 35.4 Å². The number of hydrogen-bond acceptors (Lipinski definition) is 3. The van der Waals surface area contributed by atoms with Gasteiger partial charge in [-0.3, -0.25) is 4.79 Å². The van der Waals surface area contributed by atoms with E-state index in [1.165, 1.54) is 36.8 Å². The quantitative estimate of drug-likeness (QED) is 0.604. The number of hydrogen-bond donors (Lipinski definition) is 0. The fraction of sp³-hybridized carbons (Fsp3) is 0.444. The molecule has 0 saturated heterocycles. The lowest BCUT2D eigenvalue weighted by molar-refractivity contribution is -0.127. The first kappa shape index (κ1) is 17.9. The predicted octanol–water partition coefficient (Wildman–Crippen LogP) is 3.99. The molecule has 0 atom stereocenters. The summed E-state index contributed by atoms with van der Waals surface area (Å²) in [6, 6.07) is 7.92. The Hall–Kier alpha value is -2.42. The van der Waals surface area contributed by atoms with Gasteiger partial charge in [0.25, 0.3) is 5.91 Å². The molecular formula is C18H20F2N2O2. The number of ether oxygens (including phenoxy) is 1. The Kier molecular flexibility index (Phi) is 6.30. The highest BCUT2D eigenvalue weighted by Gasteiger charge is 2.24. The molecule has 1 aromatic rings. The third-order valence-corrected chi connectivity index (χ3v) is 4.21. The molecule has 0 unspecified atom stereocenters. The maximum absolute atomic E-state index is 12.5. The van der Waals surface area contributed by atoms with Crippen LogP contribution in [-0.4, -0.2) is 30.5 Å². The smallest absolute Gasteiger partial charge is 0.387 e. The second-order valence-corrected chi connectivity index (χ2v) is 5.83. The monoisotopic (exact) mass is 334 g/mol. The topological polar surface area (TPSA) is 53.3 Å². The van der Waals surface area contributed by atoms with E-state index in [-0.39, 0.29) is 23.3 Å². The first-order valence-electron chi connectivity index (χ1n) is 7.95. The lowest BCUT2D eigenvalue weighted by Gasteiger charge is -2.31. The van der Waals surface area contributed by atoms with Gasteiger partial charge >= 0.3 is 6.61 Å². The maximum Gasteiger partial charge on any atom is 0.387 e. The summed E-state index contributed by atoms with van der Waals surface area (Å²) in [6.07, 6.45) is 6.76. The van der Waals surface area contributed by atoms with Crippen LogP contribution in [-0.2, 0) is 4.79 Å². The first-order valence-corrected chi connectivity index (χ1v) is 7.95. The largest absolute Gasteiger partial charge is 0.435 e. The van der Waals surface area contributed by atoms with Crippen molar-refractivity contribution in [1.29, 1.82) is 5.26 Å². The summed E-state index contributed by atoms with van der Waals surface area (Å²) < 4.78 is 28.5. The van der Waals surface area contributed by atoms with Crippen LogP contribution in [0.2, 0.25) is 0 Å². The molecule has 6 heteroatoms. The Morgan fingerprint density at radius 1 is 1.29 bits per heavy atom. The molecule has 1 fully saturated rings. The van der Waals surface area contributed by atoms with Crippen LogP contribution < -0.4 is 4.74 Å². The van der Waals surface area contributed by atoms with Gasteiger partial charge in [0.15, 0.2) is 0 Å². The van der Waals surface area contributed by atoms with Gasteiger partial charge in [-0.1, -0.05) is 31.4 Å². The molecule has 0 bridgehead atoms. The van der Waals surface area contributed by atoms with Gasteiger partial charge in [-0.15, -0.1) is 0 Å². The van der Waals surface area contributed by atoms with Crippen molar-refractivity contribution in [3.8, 4) is 11.8 Å². The minimum Gasteiger partial charge on any atom is -0.435 e. The molecule has 2 rings (SSSR count). The highest BCUT2D eigenvalue weighted by Crippen LogP contribution is 2.23. The molecule has 4 nitrogen and oxygen atoms in total. The van der Waals surface area contributed by atoms with E-state index < -0.39 is 6.61 Å². The van der Waals surface area contributed by atoms with Crippen molar-refractivity contribution in [2.24, 2.45) is 0 Å². The second kappa shape index (κ2) is 8.44. The van der Waals surface area contributed by atoms with Crippen LogP contribution in [0.3, 0.4) is 0 Å². The van der Waals surface area contributed by atoms with Gasteiger partial charge in [-0.25, -0.2) is 0 Å². The Labute approximate surface area is 140 Å². The summed E-state index contributed by atoms with van der Waals surface area (Å²) in [5.74, 6) is -0.274. The molecule has 1 amide bonds. The second-order valence-electron chi connectivity index (χ2n) is 5.83. The lowest BCUT2D eigenvalue weighted by atomic mass is 9.94. The van der Waals surface area contributed by atoms with Crippen LogP contribution in [0.15, 0.2) is 29.8 Å². The predicted molar refractivity (Wildman–Crippen MR) is 86.3 cm³/mol. The van der Waals surface area contributed by atoms with Gasteiger partial charge in [0.05, 0.1) is 0 Å². The molecule has 0 aromatic heterocycles. The van der Waals surface area contributed by atoms with E-state index in [0.29, 0.717) is 5.56 Å². The van der Waals surface area contributed by atoms with E-state index in [9.17, 15) is 18.8 Å². The van der Waals surface area contributed by atoms with Crippen LogP contribution in [0.25, 0.3) is 6.08 Å². The van der Waals surface area contributed by atoms with Crippen LogP contribution in [0.4, 0.5) is 8.78 Å². The summed E-state index contributed by atoms with van der Waals surface area (Å²) >= 11 is 0. The highest BCUT2D eigenvalue weighted by molar-refractivity contribution is 6.01. The molecule has 1 aliphatic carbocycles. The van der Waals surface area contributed by atoms with E-state index in [0.717, 1.165) is 25.7 Å². The van der Waals surface area contributed by atoms with E-state index in [1.807, 2.05) is 6.07 Å². The Morgan fingerprint density at radius 3 is 2.46 bits per heavy atom. The fourth-order valence-electron chi connectivity index (χ4n) is 2.88. The summed E-state index contributed by atoms with van der Waals surface area (Å²) in [6.45, 7) is -2.88. The molecule has 0 spiro atoms. The number of carbonyl (C=O) groups excluding carboxylic acids is 1. The summed E-state index contributed by atoms with van der Waals surface area (Å²) in [5, 5.41) is 9.29. The van der Waals surface area contributed by atoms with Crippen molar-refractivity contribution in [1.82, 2.24) is 4.90 Å². The van der Waals surface area contributed by atoms with E-state index in [2.05, 4.69) is 4.74 Å². The molecule has 0 aliphatic heterocycles. The van der Waals surface area contributed by atoms with E-state index in [1.54, 1.807) is 11.9 Å². The molecule has 0 radical (unpaired) electrons. The molecule has 1 aromatic carbocycles. The van der Waals surface area contributed by atoms with Crippen molar-refractivity contribution in [2.75, 3.05) is 7.05 Å². The minimum absolute atomic E-state index is 0.0330. The number of alkyl halides is 2. The zero-order valence-electron chi connectivity index (χ0n) is 13.5. The summed E-state index contributed by atoms with van der Waals surface area (Å²) in [4.78, 5) is 14.1. The third-order valence-electron chi connectivity index (χ3n) is 4.21. The van der Waals surface area contributed by atoms with Gasteiger partial charge < -0.3 is 9.64 Å². The SMILES string of the molecule is CN(C(=O)/C(C#N)=C\c1ccc(OC(F)F)cc1)C1CCCCC1. The molecule has 0 heterocycles. The number of halogens is 2. The Morgan fingerprint density at radius 2 is 1.92 bits per heavy atom. The Bertz CT molecular complexity index is 629. The van der Waals surface area contributed by atoms with Crippen LogP contribution in [0.1, 0.15) is 37.7 Å². The zero-order chi connectivity index (χ0) is 17.5. The van der Waals surface area contributed by atoms with Gasteiger partial charge in [0.2, 0.25) is 0 Å². The number of likely N-dealkylation sites (N-methyl/N-ethyl adjacent to an activating group) is 1. The van der Waals surface area contributed by atoms with Crippen LogP contribution in [0, 0.1) is 11.3 Å². The van der Waals surface area contributed by atoms with E-state index in [4.69, 9.17) is 0 Å². The summed E-state index contributed by atoms with van der Waals surface area (Å²) in [5.41, 5.74) is 0.615. The molecule has 0 N–H and O–H groups in total. The number of nitrogens with zero attached hydrogens (tertiary/aromatic N) is 2. The molecule has 128 valence electrons. The fourth-order valence-corrected chi connectivity index (χ4v) is 2.88. The highest BCUT2D eigenvalue weighted by atomic mass is 19.3. The first-order chi connectivity index (χ1) is 11.5. The Balaban J connectivity index is 2.10. The number of rotatable bonds is 5. The number of carbonyl (C=O) groups is 1. The van der Waals surface area contributed by atoms with Gasteiger partial charge in [-0.05, 0) is 36.6 Å². The van der Waals surface area contributed by atoms with Crippen LogP contribution in [0.5, 0.6) is 5.75 Å². The van der Waals surface area contributed by atoms with Gasteiger partial charge in [-0.2, -0.15) is 14.0 Å². The number of amides is 1. The van der Waals surface area contributed by atoms with Crippen LogP contribution >= 0.6 is 0 Å². The van der Waals surface area contributed by atoms with Crippen molar-refractivity contribution in [2.45, 2.75) is 44.8 Å². The molecule has 24 heavy (non-hydrogen) atoms. The van der Waals surface area contributed by atoms with Gasteiger partial charge in [0, 0.05) is 13.1 Å². The minimum atomic E-state index is -2.88. The van der Waals surface area contributed by atoms with E-state index >= 15 is 0 Å². The third kappa shape index (κ3) is 4.79. The van der Waals surface area contributed by atoms with Gasteiger partial charge in [0.1, 0.15) is 17.4 Å². The van der Waals surface area contributed by atoms with Crippen molar-refractivity contribution < 1.29 is 18.3 Å². The maximum atomic E-state index is 12.5. The number of nitriles is 1. The zero-order valence-corrected chi connectivity index (χ0v) is 13.5. The van der Waals surface area contributed by atoms with Crippen molar-refractivity contribution in [3.63, 3.8) is 0 Å². The normalized spacial score (nSPS) is 15.9. The summed E-state index contributed by atoms with van der Waals surface area (Å²) in [7, 11) is 1.73. The molecular weight excluding hydrogens is 314 g/mol. The number of benzene rings is 1. The van der Waals surface area contributed by atoms with Crippen molar-refractivity contribution >= 4 is 12.0 Å². The molecule has 1 aliphatic rings. The lowest BCUT2D eigenvalue weighted by Crippen LogP contribution is -2.38. The average Bonchev–Trinajstić information content (AvgIpc) is 2.60. The average molecular weight is 334 g/mol. The standard InChI is InChI=1S/C18H20F2N2O2/c1-22(15-5-3-2-4-6-15)17(23)14(12-21)11-13-7-9-16(10-8-13)24-18(19)20/h7-11,15,18H,2-6H2,1H3/b14-11-. The molecule has 1 saturated carbocycles.